The summed E-state index contributed by atoms with van der Waals surface area (Å²) < 4.78 is 32.8. The van der Waals surface area contributed by atoms with Crippen molar-refractivity contribution < 1.29 is 13.2 Å². The molecule has 0 aromatic rings. The lowest BCUT2D eigenvalue weighted by atomic mass is 9.65. The van der Waals surface area contributed by atoms with Crippen LogP contribution in [0.1, 0.15) is 40.0 Å². The average Bonchev–Trinajstić information content (AvgIpc) is 2.79. The molecular weight excluding hydrogens is 264 g/mol. The molecule has 2 fully saturated rings. The van der Waals surface area contributed by atoms with Gasteiger partial charge >= 0.3 is 0 Å². The lowest BCUT2D eigenvalue weighted by Crippen LogP contribution is -2.62. The van der Waals surface area contributed by atoms with Gasteiger partial charge in [-0.25, -0.2) is 13.1 Å². The second kappa shape index (κ2) is 5.68. The van der Waals surface area contributed by atoms with Crippen molar-refractivity contribution in [1.29, 1.82) is 0 Å². The summed E-state index contributed by atoms with van der Waals surface area (Å²) in [5.41, 5.74) is -0.119. The van der Waals surface area contributed by atoms with Gasteiger partial charge in [-0.1, -0.05) is 13.8 Å². The quantitative estimate of drug-likeness (QED) is 0.761. The Kier molecular flexibility index (Phi) is 4.55. The van der Waals surface area contributed by atoms with Crippen molar-refractivity contribution in [2.75, 3.05) is 18.9 Å². The smallest absolute Gasteiger partial charge is 0.213 e. The fourth-order valence-electron chi connectivity index (χ4n) is 3.00. The van der Waals surface area contributed by atoms with Crippen molar-refractivity contribution in [2.24, 2.45) is 5.41 Å². The van der Waals surface area contributed by atoms with Gasteiger partial charge in [0.05, 0.1) is 11.9 Å². The number of rotatable bonds is 6. The van der Waals surface area contributed by atoms with E-state index in [-0.39, 0.29) is 29.4 Å². The Balaban J connectivity index is 1.87. The van der Waals surface area contributed by atoms with E-state index in [4.69, 9.17) is 4.74 Å². The molecule has 0 aromatic carbocycles. The van der Waals surface area contributed by atoms with Crippen molar-refractivity contribution in [1.82, 2.24) is 10.0 Å². The van der Waals surface area contributed by atoms with Crippen molar-refractivity contribution >= 4 is 10.0 Å². The van der Waals surface area contributed by atoms with E-state index in [0.29, 0.717) is 6.61 Å². The van der Waals surface area contributed by atoms with E-state index in [1.807, 2.05) is 6.92 Å². The minimum atomic E-state index is -3.20. The molecule has 1 heterocycles. The van der Waals surface area contributed by atoms with E-state index < -0.39 is 10.0 Å². The highest BCUT2D eigenvalue weighted by molar-refractivity contribution is 7.89. The first kappa shape index (κ1) is 15.2. The lowest BCUT2D eigenvalue weighted by Gasteiger charge is -2.51. The molecule has 5 nitrogen and oxygen atoms in total. The Morgan fingerprint density at radius 1 is 1.42 bits per heavy atom. The Morgan fingerprint density at radius 2 is 2.16 bits per heavy atom. The number of hydrogen-bond acceptors (Lipinski definition) is 4. The van der Waals surface area contributed by atoms with Gasteiger partial charge in [-0.05, 0) is 32.7 Å². The zero-order valence-corrected chi connectivity index (χ0v) is 12.9. The van der Waals surface area contributed by atoms with Crippen LogP contribution in [-0.4, -0.2) is 45.5 Å². The van der Waals surface area contributed by atoms with Gasteiger partial charge in [0.1, 0.15) is 0 Å². The van der Waals surface area contributed by atoms with Crippen LogP contribution in [0.3, 0.4) is 0 Å². The van der Waals surface area contributed by atoms with Crippen LogP contribution in [0.2, 0.25) is 0 Å². The molecule has 3 atom stereocenters. The SMILES string of the molecule is CCOC1CC(NS(=O)(=O)CC2CCCN2)C1(C)C. The second-order valence-corrected chi connectivity index (χ2v) is 8.04. The van der Waals surface area contributed by atoms with Crippen molar-refractivity contribution in [3.05, 3.63) is 0 Å². The first-order valence-electron chi connectivity index (χ1n) is 7.20. The monoisotopic (exact) mass is 290 g/mol. The van der Waals surface area contributed by atoms with Crippen LogP contribution in [0.5, 0.6) is 0 Å². The van der Waals surface area contributed by atoms with Gasteiger partial charge in [0.15, 0.2) is 0 Å². The molecule has 1 saturated carbocycles. The van der Waals surface area contributed by atoms with Crippen LogP contribution in [0.25, 0.3) is 0 Å². The van der Waals surface area contributed by atoms with Crippen LogP contribution in [-0.2, 0) is 14.8 Å². The summed E-state index contributed by atoms with van der Waals surface area (Å²) in [5, 5.41) is 3.23. The highest BCUT2D eigenvalue weighted by atomic mass is 32.2. The maximum Gasteiger partial charge on any atom is 0.213 e. The molecule has 112 valence electrons. The predicted molar refractivity (Wildman–Crippen MR) is 75.5 cm³/mol. The summed E-state index contributed by atoms with van der Waals surface area (Å²) in [6.45, 7) is 7.72. The third-order valence-corrected chi connectivity index (χ3v) is 5.94. The van der Waals surface area contributed by atoms with E-state index in [9.17, 15) is 8.42 Å². The zero-order chi connectivity index (χ0) is 14.1. The third kappa shape index (κ3) is 3.48. The molecule has 1 aliphatic heterocycles. The van der Waals surface area contributed by atoms with Gasteiger partial charge in [-0.15, -0.1) is 0 Å². The second-order valence-electron chi connectivity index (χ2n) is 6.25. The number of ether oxygens (including phenoxy) is 1. The highest BCUT2D eigenvalue weighted by Crippen LogP contribution is 2.43. The van der Waals surface area contributed by atoms with E-state index in [0.717, 1.165) is 25.8 Å². The molecule has 0 radical (unpaired) electrons. The summed E-state index contributed by atoms with van der Waals surface area (Å²) in [5.74, 6) is 0.193. The fraction of sp³-hybridized carbons (Fsp3) is 1.00. The summed E-state index contributed by atoms with van der Waals surface area (Å²) in [6.07, 6.45) is 2.96. The molecular formula is C13H26N2O3S. The number of sulfonamides is 1. The molecule has 0 bridgehead atoms. The van der Waals surface area contributed by atoms with Crippen molar-refractivity contribution in [3.63, 3.8) is 0 Å². The molecule has 2 aliphatic rings. The Morgan fingerprint density at radius 3 is 2.68 bits per heavy atom. The minimum absolute atomic E-state index is 0.00421. The van der Waals surface area contributed by atoms with Crippen molar-refractivity contribution in [3.8, 4) is 0 Å². The topological polar surface area (TPSA) is 67.4 Å². The maximum atomic E-state index is 12.2. The molecule has 2 rings (SSSR count). The molecule has 0 amide bonds. The van der Waals surface area contributed by atoms with Gasteiger partial charge in [-0.3, -0.25) is 0 Å². The maximum absolute atomic E-state index is 12.2. The summed E-state index contributed by atoms with van der Waals surface area (Å²) in [6, 6.07) is 0.110. The Bertz CT molecular complexity index is 402. The van der Waals surface area contributed by atoms with Gasteiger partial charge < -0.3 is 10.1 Å². The fourth-order valence-corrected chi connectivity index (χ4v) is 4.74. The molecule has 19 heavy (non-hydrogen) atoms. The molecule has 0 spiro atoms. The third-order valence-electron chi connectivity index (χ3n) is 4.45. The largest absolute Gasteiger partial charge is 0.378 e. The van der Waals surface area contributed by atoms with Crippen LogP contribution >= 0.6 is 0 Å². The standard InChI is InChI=1S/C13H26N2O3S/c1-4-18-12-8-11(13(12,2)3)15-19(16,17)9-10-6-5-7-14-10/h10-12,14-15H,4-9H2,1-3H3. The normalized spacial score (nSPS) is 34.2. The predicted octanol–water partition coefficient (Wildman–Crippen LogP) is 0.861. The molecule has 3 unspecified atom stereocenters. The van der Waals surface area contributed by atoms with Gasteiger partial charge in [-0.2, -0.15) is 0 Å². The summed E-state index contributed by atoms with van der Waals surface area (Å²) in [4.78, 5) is 0. The molecule has 1 aliphatic carbocycles. The summed E-state index contributed by atoms with van der Waals surface area (Å²) in [7, 11) is -3.20. The molecule has 6 heteroatoms. The van der Waals surface area contributed by atoms with Crippen LogP contribution in [0, 0.1) is 5.41 Å². The first-order chi connectivity index (χ1) is 8.85. The van der Waals surface area contributed by atoms with E-state index in [1.165, 1.54) is 0 Å². The van der Waals surface area contributed by atoms with Crippen LogP contribution < -0.4 is 10.0 Å². The first-order valence-corrected chi connectivity index (χ1v) is 8.85. The van der Waals surface area contributed by atoms with Gasteiger partial charge in [0, 0.05) is 24.1 Å². The number of nitrogens with one attached hydrogen (secondary N) is 2. The highest BCUT2D eigenvalue weighted by Gasteiger charge is 2.50. The van der Waals surface area contributed by atoms with Gasteiger partial charge in [0.2, 0.25) is 10.0 Å². The average molecular weight is 290 g/mol. The Hall–Kier alpha value is -0.170. The van der Waals surface area contributed by atoms with Crippen LogP contribution in [0.4, 0.5) is 0 Å². The van der Waals surface area contributed by atoms with E-state index >= 15 is 0 Å². The van der Waals surface area contributed by atoms with Gasteiger partial charge in [0.25, 0.3) is 0 Å². The van der Waals surface area contributed by atoms with Crippen molar-refractivity contribution in [2.45, 2.75) is 58.2 Å². The molecule has 0 aromatic heterocycles. The van der Waals surface area contributed by atoms with Crippen LogP contribution in [0.15, 0.2) is 0 Å². The minimum Gasteiger partial charge on any atom is -0.378 e. The number of hydrogen-bond donors (Lipinski definition) is 2. The summed E-state index contributed by atoms with van der Waals surface area (Å²) >= 11 is 0. The van der Waals surface area contributed by atoms with E-state index in [1.54, 1.807) is 0 Å². The molecule has 2 N–H and O–H groups in total. The zero-order valence-electron chi connectivity index (χ0n) is 12.1. The van der Waals surface area contributed by atoms with E-state index in [2.05, 4.69) is 23.9 Å². The Labute approximate surface area is 116 Å². The molecule has 1 saturated heterocycles. The lowest BCUT2D eigenvalue weighted by molar-refractivity contribution is -0.108.